The number of benzene rings is 2. The van der Waals surface area contributed by atoms with E-state index in [4.69, 9.17) is 14.2 Å². The van der Waals surface area contributed by atoms with Crippen LogP contribution in [0.15, 0.2) is 24.3 Å². The summed E-state index contributed by atoms with van der Waals surface area (Å²) in [5.74, 6) is 2.30. The van der Waals surface area contributed by atoms with Crippen LogP contribution in [0.1, 0.15) is 28.3 Å². The van der Waals surface area contributed by atoms with Gasteiger partial charge >= 0.3 is 0 Å². The fourth-order valence-electron chi connectivity index (χ4n) is 4.09. The van der Waals surface area contributed by atoms with Crippen molar-refractivity contribution in [2.24, 2.45) is 0 Å². The van der Waals surface area contributed by atoms with Crippen molar-refractivity contribution >= 4 is 0 Å². The lowest BCUT2D eigenvalue weighted by Crippen LogP contribution is -2.39. The van der Waals surface area contributed by atoms with E-state index in [0.717, 1.165) is 37.4 Å². The maximum atomic E-state index is 10.1. The fourth-order valence-corrected chi connectivity index (χ4v) is 4.09. The van der Waals surface area contributed by atoms with E-state index in [-0.39, 0.29) is 5.75 Å². The van der Waals surface area contributed by atoms with Crippen LogP contribution in [0.5, 0.6) is 23.0 Å². The maximum Gasteiger partial charge on any atom is 0.161 e. The predicted octanol–water partition coefficient (Wildman–Crippen LogP) is 3.07. The number of nitrogens with zero attached hydrogens (tertiary/aromatic N) is 1. The molecule has 2 aromatic carbocycles. The number of phenolic OH excluding ortho intramolecular Hbond substituents is 1. The molecule has 25 heavy (non-hydrogen) atoms. The summed E-state index contributed by atoms with van der Waals surface area (Å²) in [6.07, 6.45) is 1.87. The number of phenols is 1. The number of ether oxygens (including phenoxy) is 3. The second-order valence-electron chi connectivity index (χ2n) is 6.64. The SMILES string of the molecule is COc1cc2c(cc1O)C[C@H]1c3cc(OC)c(OC)cc3CCN1[13CH2]2. The molecular weight excluding hydrogens is 319 g/mol. The van der Waals surface area contributed by atoms with Gasteiger partial charge in [-0.05, 0) is 59.4 Å². The molecule has 0 aromatic heterocycles. The minimum Gasteiger partial charge on any atom is -0.504 e. The Labute approximate surface area is 147 Å². The lowest BCUT2D eigenvalue weighted by Gasteiger charge is -2.41. The van der Waals surface area contributed by atoms with E-state index >= 15 is 0 Å². The summed E-state index contributed by atoms with van der Waals surface area (Å²) in [7, 11) is 4.93. The molecule has 2 heterocycles. The first-order valence-electron chi connectivity index (χ1n) is 8.52. The van der Waals surface area contributed by atoms with E-state index in [9.17, 15) is 5.11 Å². The first-order valence-corrected chi connectivity index (χ1v) is 8.52. The minimum absolute atomic E-state index is 0.207. The lowest BCUT2D eigenvalue weighted by atomic mass is 9.86. The molecule has 132 valence electrons. The molecule has 0 amide bonds. The van der Waals surface area contributed by atoms with E-state index in [1.54, 1.807) is 21.3 Å². The molecule has 0 spiro atoms. The van der Waals surface area contributed by atoms with E-state index < -0.39 is 0 Å². The highest BCUT2D eigenvalue weighted by molar-refractivity contribution is 5.52. The number of hydrogen-bond acceptors (Lipinski definition) is 5. The Balaban J connectivity index is 1.75. The van der Waals surface area contributed by atoms with Crippen LogP contribution < -0.4 is 14.2 Å². The van der Waals surface area contributed by atoms with Crippen molar-refractivity contribution < 1.29 is 19.3 Å². The Morgan fingerprint density at radius 3 is 2.28 bits per heavy atom. The highest BCUT2D eigenvalue weighted by atomic mass is 16.5. The van der Waals surface area contributed by atoms with Gasteiger partial charge in [-0.2, -0.15) is 0 Å². The monoisotopic (exact) mass is 342 g/mol. The largest absolute Gasteiger partial charge is 0.504 e. The van der Waals surface area contributed by atoms with Crippen LogP contribution in [-0.2, 0) is 19.4 Å². The zero-order valence-electron chi connectivity index (χ0n) is 14.8. The zero-order valence-corrected chi connectivity index (χ0v) is 14.8. The van der Waals surface area contributed by atoms with Crippen molar-refractivity contribution in [3.8, 4) is 23.0 Å². The van der Waals surface area contributed by atoms with Gasteiger partial charge in [0.05, 0.1) is 21.3 Å². The third kappa shape index (κ3) is 2.59. The highest BCUT2D eigenvalue weighted by Crippen LogP contribution is 2.44. The number of methoxy groups -OCH3 is 3. The van der Waals surface area contributed by atoms with Crippen molar-refractivity contribution in [2.75, 3.05) is 27.9 Å². The molecule has 5 heteroatoms. The van der Waals surface area contributed by atoms with Gasteiger partial charge in [0.1, 0.15) is 0 Å². The van der Waals surface area contributed by atoms with E-state index in [1.165, 1.54) is 22.3 Å². The minimum atomic E-state index is 0.207. The summed E-state index contributed by atoms with van der Waals surface area (Å²) >= 11 is 0. The van der Waals surface area contributed by atoms with Gasteiger partial charge in [0.15, 0.2) is 23.0 Å². The summed E-state index contributed by atoms with van der Waals surface area (Å²) < 4.78 is 16.2. The summed E-state index contributed by atoms with van der Waals surface area (Å²) in [5, 5.41) is 10.1. The first-order chi connectivity index (χ1) is 12.1. The van der Waals surface area contributed by atoms with E-state index in [2.05, 4.69) is 17.0 Å². The Morgan fingerprint density at radius 2 is 1.56 bits per heavy atom. The smallest absolute Gasteiger partial charge is 0.161 e. The van der Waals surface area contributed by atoms with Crippen molar-refractivity contribution in [1.82, 2.24) is 4.90 Å². The molecule has 2 aliphatic heterocycles. The van der Waals surface area contributed by atoms with Gasteiger partial charge < -0.3 is 19.3 Å². The highest BCUT2D eigenvalue weighted by Gasteiger charge is 2.33. The molecule has 2 aliphatic rings. The van der Waals surface area contributed by atoms with Crippen LogP contribution in [0.25, 0.3) is 0 Å². The van der Waals surface area contributed by atoms with Crippen LogP contribution >= 0.6 is 0 Å². The second kappa shape index (κ2) is 6.15. The van der Waals surface area contributed by atoms with Crippen molar-refractivity contribution in [1.29, 1.82) is 0 Å². The molecule has 0 radical (unpaired) electrons. The van der Waals surface area contributed by atoms with Crippen molar-refractivity contribution in [3.05, 3.63) is 46.5 Å². The summed E-state index contributed by atoms with van der Waals surface area (Å²) in [6, 6.07) is 8.32. The third-order valence-corrected chi connectivity index (χ3v) is 5.40. The Morgan fingerprint density at radius 1 is 0.880 bits per heavy atom. The van der Waals surface area contributed by atoms with Gasteiger partial charge in [0.25, 0.3) is 0 Å². The van der Waals surface area contributed by atoms with E-state index in [1.807, 2.05) is 12.1 Å². The average Bonchev–Trinajstić information content (AvgIpc) is 2.64. The van der Waals surface area contributed by atoms with Gasteiger partial charge in [-0.25, -0.2) is 0 Å². The lowest BCUT2D eigenvalue weighted by molar-refractivity contribution is 0.160. The summed E-state index contributed by atoms with van der Waals surface area (Å²) in [5.41, 5.74) is 5.03. The van der Waals surface area contributed by atoms with Crippen LogP contribution in [0.2, 0.25) is 0 Å². The molecule has 0 aliphatic carbocycles. The quantitative estimate of drug-likeness (QED) is 0.869. The fraction of sp³-hybridized carbons (Fsp3) is 0.400. The molecule has 0 unspecified atom stereocenters. The average molecular weight is 342 g/mol. The standard InChI is InChI=1S/C20H23NO4/c1-23-18-9-14-11-21-5-4-12-8-19(24-2)20(25-3)10-15(12)16(21)6-13(14)7-17(18)22/h7-10,16,22H,4-6,11H2,1-3H3/t16-/m0/s1/i11+1. The van der Waals surface area contributed by atoms with Crippen LogP contribution in [0, 0.1) is 0 Å². The summed E-state index contributed by atoms with van der Waals surface area (Å²) in [4.78, 5) is 2.49. The molecule has 0 fully saturated rings. The predicted molar refractivity (Wildman–Crippen MR) is 94.8 cm³/mol. The van der Waals surface area contributed by atoms with Crippen molar-refractivity contribution in [3.63, 3.8) is 0 Å². The second-order valence-corrected chi connectivity index (χ2v) is 6.64. The van der Waals surface area contributed by atoms with Crippen LogP contribution in [-0.4, -0.2) is 37.9 Å². The van der Waals surface area contributed by atoms with Gasteiger partial charge in [0.2, 0.25) is 0 Å². The molecular formula is C20H23NO4. The molecule has 0 saturated carbocycles. The molecule has 0 bridgehead atoms. The van der Waals surface area contributed by atoms with Gasteiger partial charge in [0, 0.05) is 19.1 Å². The molecule has 5 nitrogen and oxygen atoms in total. The number of aromatic hydroxyl groups is 1. The zero-order chi connectivity index (χ0) is 17.6. The molecule has 4 rings (SSSR count). The topological polar surface area (TPSA) is 51.2 Å². The number of fused-ring (bicyclic) bond motifs is 4. The Hall–Kier alpha value is -2.40. The van der Waals surface area contributed by atoms with E-state index in [0.29, 0.717) is 11.8 Å². The molecule has 2 aromatic rings. The summed E-state index contributed by atoms with van der Waals surface area (Å²) in [6.45, 7) is 1.88. The molecule has 1 atom stereocenters. The first kappa shape index (κ1) is 16.1. The van der Waals surface area contributed by atoms with Gasteiger partial charge in [-0.15, -0.1) is 0 Å². The van der Waals surface area contributed by atoms with Crippen LogP contribution in [0.4, 0.5) is 0 Å². The Bertz CT molecular complexity index is 818. The number of rotatable bonds is 3. The maximum absolute atomic E-state index is 10.1. The third-order valence-electron chi connectivity index (χ3n) is 5.40. The normalized spacial score (nSPS) is 18.8. The van der Waals surface area contributed by atoms with Crippen molar-refractivity contribution in [2.45, 2.75) is 25.4 Å². The Kier molecular flexibility index (Phi) is 3.96. The molecule has 0 saturated heterocycles. The number of hydrogen-bond donors (Lipinski definition) is 1. The molecule has 1 N–H and O–H groups in total. The van der Waals surface area contributed by atoms with Crippen LogP contribution in [0.3, 0.4) is 0 Å². The van der Waals surface area contributed by atoms with Gasteiger partial charge in [-0.3, -0.25) is 4.90 Å². The van der Waals surface area contributed by atoms with Gasteiger partial charge in [-0.1, -0.05) is 0 Å².